The highest BCUT2D eigenvalue weighted by molar-refractivity contribution is 5.95. The monoisotopic (exact) mass is 474 g/mol. The fraction of sp³-hybridized carbons (Fsp3) is 0.333. The predicted octanol–water partition coefficient (Wildman–Crippen LogP) is 3.11. The van der Waals surface area contributed by atoms with Gasteiger partial charge in [0, 0.05) is 37.4 Å². The van der Waals surface area contributed by atoms with E-state index in [1.165, 1.54) is 0 Å². The maximum Gasteiger partial charge on any atom is 0.410 e. The van der Waals surface area contributed by atoms with Crippen molar-refractivity contribution in [3.8, 4) is 0 Å². The minimum Gasteiger partial charge on any atom is -0.444 e. The molecule has 0 spiro atoms. The number of nitrogens with one attached hydrogen (secondary N) is 1. The minimum atomic E-state index is -0.543. The number of para-hydroxylation sites is 2. The van der Waals surface area contributed by atoms with E-state index in [4.69, 9.17) is 4.74 Å². The van der Waals surface area contributed by atoms with Gasteiger partial charge in [0.25, 0.3) is 5.91 Å². The fourth-order valence-electron chi connectivity index (χ4n) is 3.92. The van der Waals surface area contributed by atoms with Crippen molar-refractivity contribution in [1.29, 1.82) is 0 Å². The molecule has 2 aromatic carbocycles. The number of nitrogens with zero attached hydrogens (tertiary/aromatic N) is 7. The van der Waals surface area contributed by atoms with Crippen molar-refractivity contribution in [2.45, 2.75) is 26.4 Å². The zero-order chi connectivity index (χ0) is 24.6. The molecule has 2 amide bonds. The average molecular weight is 475 g/mol. The van der Waals surface area contributed by atoms with Gasteiger partial charge in [-0.3, -0.25) is 4.79 Å². The summed E-state index contributed by atoms with van der Waals surface area (Å²) in [7, 11) is 0. The van der Waals surface area contributed by atoms with E-state index in [1.807, 2.05) is 57.2 Å². The molecule has 4 aromatic rings. The molecule has 0 saturated carbocycles. The van der Waals surface area contributed by atoms with Gasteiger partial charge in [0.1, 0.15) is 5.60 Å². The van der Waals surface area contributed by atoms with Crippen LogP contribution in [0.5, 0.6) is 0 Å². The van der Waals surface area contributed by atoms with E-state index in [9.17, 15) is 9.59 Å². The molecule has 0 radical (unpaired) electrons. The number of benzene rings is 2. The van der Waals surface area contributed by atoms with Crippen molar-refractivity contribution in [3.63, 3.8) is 0 Å². The van der Waals surface area contributed by atoms with Crippen LogP contribution in [0.25, 0.3) is 16.7 Å². The van der Waals surface area contributed by atoms with Gasteiger partial charge in [-0.25, -0.2) is 9.78 Å². The Morgan fingerprint density at radius 3 is 2.34 bits per heavy atom. The Balaban J connectivity index is 1.25. The molecular weight excluding hydrogens is 448 g/mol. The lowest BCUT2D eigenvalue weighted by Gasteiger charge is -2.35. The quantitative estimate of drug-likeness (QED) is 0.481. The van der Waals surface area contributed by atoms with Crippen LogP contribution in [0, 0.1) is 0 Å². The summed E-state index contributed by atoms with van der Waals surface area (Å²) in [6.45, 7) is 7.31. The maximum atomic E-state index is 13.0. The van der Waals surface area contributed by atoms with Crippen LogP contribution >= 0.6 is 0 Å². The largest absolute Gasteiger partial charge is 0.444 e. The molecule has 0 atom stereocenters. The summed E-state index contributed by atoms with van der Waals surface area (Å²) in [5.74, 6) is 0.444. The van der Waals surface area contributed by atoms with Crippen molar-refractivity contribution < 1.29 is 14.3 Å². The zero-order valence-corrected chi connectivity index (χ0v) is 19.8. The van der Waals surface area contributed by atoms with Crippen molar-refractivity contribution in [2.75, 3.05) is 31.5 Å². The van der Waals surface area contributed by atoms with Crippen molar-refractivity contribution in [2.24, 2.45) is 0 Å². The van der Waals surface area contributed by atoms with Gasteiger partial charge < -0.3 is 19.9 Å². The number of aromatic nitrogens is 5. The van der Waals surface area contributed by atoms with E-state index in [0.29, 0.717) is 43.2 Å². The topological polar surface area (TPSA) is 118 Å². The molecule has 0 bridgehead atoms. The Hall–Kier alpha value is -4.28. The Kier molecular flexibility index (Phi) is 5.67. The molecule has 1 aliphatic heterocycles. The molecule has 1 fully saturated rings. The summed E-state index contributed by atoms with van der Waals surface area (Å²) >= 11 is 0. The van der Waals surface area contributed by atoms with E-state index in [2.05, 4.69) is 25.8 Å². The number of carbonyl (C=O) groups is 2. The molecule has 1 aliphatic rings. The average Bonchev–Trinajstić information content (AvgIpc) is 3.34. The lowest BCUT2D eigenvalue weighted by molar-refractivity contribution is 0.0141. The van der Waals surface area contributed by atoms with Crippen LogP contribution in [0.15, 0.2) is 48.5 Å². The number of ether oxygens (including phenoxy) is 1. The number of tetrazole rings is 1. The van der Waals surface area contributed by atoms with Gasteiger partial charge >= 0.3 is 6.09 Å². The molecule has 1 N–H and O–H groups in total. The number of piperazine rings is 1. The first-order valence-electron chi connectivity index (χ1n) is 11.4. The van der Waals surface area contributed by atoms with Crippen LogP contribution in [0.2, 0.25) is 0 Å². The molecule has 180 valence electrons. The van der Waals surface area contributed by atoms with Crippen molar-refractivity contribution in [3.05, 3.63) is 54.1 Å². The van der Waals surface area contributed by atoms with E-state index in [0.717, 1.165) is 16.7 Å². The molecule has 1 saturated heterocycles. The van der Waals surface area contributed by atoms with E-state index in [1.54, 1.807) is 26.4 Å². The lowest BCUT2D eigenvalue weighted by Crippen LogP contribution is -2.51. The fourth-order valence-corrected chi connectivity index (χ4v) is 3.92. The third-order valence-electron chi connectivity index (χ3n) is 5.64. The number of fused-ring (bicyclic) bond motifs is 3. The second kappa shape index (κ2) is 8.82. The molecule has 0 aliphatic carbocycles. The molecule has 2 aromatic heterocycles. The minimum absolute atomic E-state index is 0.0757. The van der Waals surface area contributed by atoms with Crippen LogP contribution in [-0.2, 0) is 4.74 Å². The second-order valence-electron chi connectivity index (χ2n) is 9.33. The van der Waals surface area contributed by atoms with E-state index in [-0.39, 0.29) is 12.0 Å². The van der Waals surface area contributed by atoms with Crippen LogP contribution in [0.3, 0.4) is 0 Å². The normalized spacial score (nSPS) is 14.4. The summed E-state index contributed by atoms with van der Waals surface area (Å²) in [6, 6.07) is 14.8. The van der Waals surface area contributed by atoms with Gasteiger partial charge in [0.2, 0.25) is 5.65 Å². The maximum absolute atomic E-state index is 13.0. The standard InChI is InChI=1S/C24H26N8O3/c1-24(2,3)35-23(34)31-14-12-30(13-15-31)22(33)16-8-10-17(11-9-16)25-20-21-27-28-29-32(21)19-7-5-4-6-18(19)26-20/h4-11H,12-15H2,1-3H3,(H,25,26). The van der Waals surface area contributed by atoms with Gasteiger partial charge in [0.15, 0.2) is 5.82 Å². The summed E-state index contributed by atoms with van der Waals surface area (Å²) in [4.78, 5) is 33.3. The van der Waals surface area contributed by atoms with Gasteiger partial charge in [-0.05, 0) is 67.6 Å². The molecular formula is C24H26N8O3. The Bertz CT molecular complexity index is 1390. The van der Waals surface area contributed by atoms with Gasteiger partial charge in [-0.15, -0.1) is 5.10 Å². The van der Waals surface area contributed by atoms with E-state index >= 15 is 0 Å². The first-order valence-corrected chi connectivity index (χ1v) is 11.4. The Morgan fingerprint density at radius 1 is 0.943 bits per heavy atom. The van der Waals surface area contributed by atoms with Crippen LogP contribution in [0.4, 0.5) is 16.3 Å². The second-order valence-corrected chi connectivity index (χ2v) is 9.33. The number of rotatable bonds is 3. The van der Waals surface area contributed by atoms with Gasteiger partial charge in [0.05, 0.1) is 11.0 Å². The van der Waals surface area contributed by atoms with Gasteiger partial charge in [-0.2, -0.15) is 4.52 Å². The van der Waals surface area contributed by atoms with Crippen LogP contribution in [-0.4, -0.2) is 78.6 Å². The molecule has 3 heterocycles. The van der Waals surface area contributed by atoms with Gasteiger partial charge in [-0.1, -0.05) is 12.1 Å². The van der Waals surface area contributed by atoms with Crippen molar-refractivity contribution in [1.82, 2.24) is 34.8 Å². The summed E-state index contributed by atoms with van der Waals surface area (Å²) in [5.41, 5.74) is 2.86. The number of hydrogen-bond donors (Lipinski definition) is 1. The third-order valence-corrected chi connectivity index (χ3v) is 5.64. The molecule has 11 heteroatoms. The highest BCUT2D eigenvalue weighted by Crippen LogP contribution is 2.23. The van der Waals surface area contributed by atoms with E-state index < -0.39 is 5.60 Å². The van der Waals surface area contributed by atoms with Crippen LogP contribution in [0.1, 0.15) is 31.1 Å². The van der Waals surface area contributed by atoms with Crippen LogP contribution < -0.4 is 5.32 Å². The molecule has 35 heavy (non-hydrogen) atoms. The molecule has 11 nitrogen and oxygen atoms in total. The number of hydrogen-bond acceptors (Lipinski definition) is 8. The van der Waals surface area contributed by atoms with Crippen molar-refractivity contribution >= 4 is 40.2 Å². The number of amides is 2. The zero-order valence-electron chi connectivity index (χ0n) is 19.8. The first-order chi connectivity index (χ1) is 16.8. The summed E-state index contributed by atoms with van der Waals surface area (Å²) in [6.07, 6.45) is -0.348. The lowest BCUT2D eigenvalue weighted by atomic mass is 10.1. The summed E-state index contributed by atoms with van der Waals surface area (Å²) < 4.78 is 7.06. The number of anilines is 2. The summed E-state index contributed by atoms with van der Waals surface area (Å²) in [5, 5.41) is 15.2. The smallest absolute Gasteiger partial charge is 0.410 e. The third kappa shape index (κ3) is 4.70. The molecule has 0 unspecified atom stereocenters. The predicted molar refractivity (Wildman–Crippen MR) is 130 cm³/mol. The Morgan fingerprint density at radius 2 is 1.63 bits per heavy atom. The Labute approximate surface area is 201 Å². The first kappa shape index (κ1) is 22.5. The highest BCUT2D eigenvalue weighted by Gasteiger charge is 2.28. The molecule has 5 rings (SSSR count). The SMILES string of the molecule is CC(C)(C)OC(=O)N1CCN(C(=O)c2ccc(Nc3nc4ccccc4n4nnnc34)cc2)CC1. The highest BCUT2D eigenvalue weighted by atomic mass is 16.6. The number of carbonyl (C=O) groups excluding carboxylic acids is 2.